The van der Waals surface area contributed by atoms with Crippen LogP contribution in [-0.4, -0.2) is 37.0 Å². The van der Waals surface area contributed by atoms with Gasteiger partial charge in [0.05, 0.1) is 17.1 Å². The van der Waals surface area contributed by atoms with Crippen molar-refractivity contribution < 1.29 is 18.3 Å². The number of anilines is 1. The molecule has 0 saturated carbocycles. The van der Waals surface area contributed by atoms with Gasteiger partial charge in [0, 0.05) is 11.7 Å². The molecule has 0 amide bonds. The van der Waals surface area contributed by atoms with Crippen LogP contribution in [0.4, 0.5) is 5.69 Å². The summed E-state index contributed by atoms with van der Waals surface area (Å²) >= 11 is 0. The van der Waals surface area contributed by atoms with Crippen LogP contribution in [0.3, 0.4) is 0 Å². The van der Waals surface area contributed by atoms with E-state index >= 15 is 0 Å². The average molecular weight is 283 g/mol. The molecule has 2 N–H and O–H groups in total. The molecular formula is C13H17NO4S. The van der Waals surface area contributed by atoms with Crippen molar-refractivity contribution in [2.24, 2.45) is 0 Å². The van der Waals surface area contributed by atoms with Crippen molar-refractivity contribution in [3.63, 3.8) is 0 Å². The van der Waals surface area contributed by atoms with Gasteiger partial charge in [-0.1, -0.05) is 11.6 Å². The maximum Gasteiger partial charge on any atom is 0.337 e. The summed E-state index contributed by atoms with van der Waals surface area (Å²) in [7, 11) is -3.00. The number of aromatic carboxylic acids is 1. The van der Waals surface area contributed by atoms with Crippen molar-refractivity contribution in [2.75, 3.05) is 16.8 Å². The van der Waals surface area contributed by atoms with Crippen LogP contribution in [0.25, 0.3) is 0 Å². The summed E-state index contributed by atoms with van der Waals surface area (Å²) in [5.74, 6) is -0.713. The van der Waals surface area contributed by atoms with Gasteiger partial charge in [0.15, 0.2) is 9.84 Å². The van der Waals surface area contributed by atoms with E-state index in [9.17, 15) is 13.2 Å². The van der Waals surface area contributed by atoms with Crippen molar-refractivity contribution in [1.29, 1.82) is 0 Å². The zero-order chi connectivity index (χ0) is 14.0. The number of nitrogens with one attached hydrogen (secondary N) is 1. The van der Waals surface area contributed by atoms with Crippen LogP contribution in [0, 0.1) is 6.92 Å². The first-order valence-electron chi connectivity index (χ1n) is 6.18. The predicted molar refractivity (Wildman–Crippen MR) is 73.4 cm³/mol. The number of benzene rings is 1. The van der Waals surface area contributed by atoms with E-state index in [1.54, 1.807) is 12.1 Å². The number of hydrogen-bond acceptors (Lipinski definition) is 4. The summed E-state index contributed by atoms with van der Waals surface area (Å²) in [4.78, 5) is 11.2. The molecular weight excluding hydrogens is 266 g/mol. The Morgan fingerprint density at radius 3 is 2.79 bits per heavy atom. The Morgan fingerprint density at radius 1 is 1.42 bits per heavy atom. The van der Waals surface area contributed by atoms with E-state index in [4.69, 9.17) is 5.11 Å². The number of sulfone groups is 1. The minimum Gasteiger partial charge on any atom is -0.478 e. The topological polar surface area (TPSA) is 83.5 Å². The molecule has 1 atom stereocenters. The highest BCUT2D eigenvalue weighted by Crippen LogP contribution is 2.22. The second-order valence-corrected chi connectivity index (χ2v) is 7.18. The van der Waals surface area contributed by atoms with E-state index in [0.717, 1.165) is 12.0 Å². The van der Waals surface area contributed by atoms with E-state index in [2.05, 4.69) is 5.32 Å². The molecule has 1 aromatic carbocycles. The second kappa shape index (κ2) is 5.21. The van der Waals surface area contributed by atoms with Crippen LogP contribution in [0.1, 0.15) is 28.8 Å². The number of hydrogen-bond donors (Lipinski definition) is 2. The standard InChI is InChI=1S/C13H17NO4S/c1-9-4-5-12(11(7-9)13(15)16)14-10-3-2-6-19(17,18)8-10/h4-5,7,10,14H,2-3,6,8H2,1H3,(H,15,16). The number of carboxylic acid groups (broad SMARTS) is 1. The summed E-state index contributed by atoms with van der Waals surface area (Å²) in [5, 5.41) is 12.2. The van der Waals surface area contributed by atoms with Crippen LogP contribution in [0.2, 0.25) is 0 Å². The van der Waals surface area contributed by atoms with Gasteiger partial charge in [-0.3, -0.25) is 0 Å². The lowest BCUT2D eigenvalue weighted by molar-refractivity contribution is 0.0698. The highest BCUT2D eigenvalue weighted by molar-refractivity contribution is 7.91. The zero-order valence-corrected chi connectivity index (χ0v) is 11.5. The first-order valence-corrected chi connectivity index (χ1v) is 8.00. The zero-order valence-electron chi connectivity index (χ0n) is 10.7. The highest BCUT2D eigenvalue weighted by atomic mass is 32.2. The quantitative estimate of drug-likeness (QED) is 0.882. The SMILES string of the molecule is Cc1ccc(NC2CCCS(=O)(=O)C2)c(C(=O)O)c1. The average Bonchev–Trinajstić information content (AvgIpc) is 2.30. The van der Waals surface area contributed by atoms with Crippen LogP contribution in [-0.2, 0) is 9.84 Å². The molecule has 1 aliphatic rings. The van der Waals surface area contributed by atoms with E-state index in [1.807, 2.05) is 13.0 Å². The van der Waals surface area contributed by atoms with Crippen LogP contribution in [0.5, 0.6) is 0 Å². The molecule has 0 aliphatic carbocycles. The van der Waals surface area contributed by atoms with E-state index in [1.165, 1.54) is 0 Å². The highest BCUT2D eigenvalue weighted by Gasteiger charge is 2.25. The summed E-state index contributed by atoms with van der Waals surface area (Å²) in [6.07, 6.45) is 1.36. The van der Waals surface area contributed by atoms with Crippen molar-refractivity contribution in [3.8, 4) is 0 Å². The monoisotopic (exact) mass is 283 g/mol. The largest absolute Gasteiger partial charge is 0.478 e. The Bertz CT molecular complexity index is 595. The third-order valence-electron chi connectivity index (χ3n) is 3.23. The summed E-state index contributed by atoms with van der Waals surface area (Å²) in [6, 6.07) is 4.88. The lowest BCUT2D eigenvalue weighted by Crippen LogP contribution is -2.35. The van der Waals surface area contributed by atoms with Gasteiger partial charge in [-0.2, -0.15) is 0 Å². The summed E-state index contributed by atoms with van der Waals surface area (Å²) in [6.45, 7) is 1.82. The van der Waals surface area contributed by atoms with Gasteiger partial charge in [0.25, 0.3) is 0 Å². The van der Waals surface area contributed by atoms with Crippen molar-refractivity contribution in [3.05, 3.63) is 29.3 Å². The maximum absolute atomic E-state index is 11.6. The molecule has 1 heterocycles. The molecule has 104 valence electrons. The minimum atomic E-state index is -3.00. The van der Waals surface area contributed by atoms with Crippen LogP contribution >= 0.6 is 0 Å². The number of rotatable bonds is 3. The first-order chi connectivity index (χ1) is 8.87. The van der Waals surface area contributed by atoms with Crippen LogP contribution in [0.15, 0.2) is 18.2 Å². The number of aryl methyl sites for hydroxylation is 1. The van der Waals surface area contributed by atoms with Crippen molar-refractivity contribution in [1.82, 2.24) is 0 Å². The second-order valence-electron chi connectivity index (χ2n) is 4.95. The number of carboxylic acids is 1. The summed E-state index contributed by atoms with van der Waals surface area (Å²) in [5.41, 5.74) is 1.53. The lowest BCUT2D eigenvalue weighted by Gasteiger charge is -2.24. The molecule has 19 heavy (non-hydrogen) atoms. The fourth-order valence-corrected chi connectivity index (χ4v) is 3.95. The van der Waals surface area contributed by atoms with E-state index in [-0.39, 0.29) is 23.1 Å². The first kappa shape index (κ1) is 13.9. The molecule has 0 aromatic heterocycles. The Morgan fingerprint density at radius 2 is 2.16 bits per heavy atom. The van der Waals surface area contributed by atoms with Crippen LogP contribution < -0.4 is 5.32 Å². The Hall–Kier alpha value is -1.56. The molecule has 1 saturated heterocycles. The fourth-order valence-electron chi connectivity index (χ4n) is 2.32. The molecule has 6 heteroatoms. The van der Waals surface area contributed by atoms with Crippen molar-refractivity contribution in [2.45, 2.75) is 25.8 Å². The Labute approximate surface area is 112 Å². The molecule has 0 spiro atoms. The fraction of sp³-hybridized carbons (Fsp3) is 0.462. The molecule has 1 aromatic rings. The molecule has 1 unspecified atom stereocenters. The van der Waals surface area contributed by atoms with Gasteiger partial charge in [0.2, 0.25) is 0 Å². The smallest absolute Gasteiger partial charge is 0.337 e. The Balaban J connectivity index is 2.21. The lowest BCUT2D eigenvalue weighted by atomic mass is 10.1. The van der Waals surface area contributed by atoms with Crippen molar-refractivity contribution >= 4 is 21.5 Å². The molecule has 0 bridgehead atoms. The molecule has 1 aliphatic heterocycles. The normalized spacial score (nSPS) is 21.8. The Kier molecular flexibility index (Phi) is 3.80. The summed E-state index contributed by atoms with van der Waals surface area (Å²) < 4.78 is 23.1. The van der Waals surface area contributed by atoms with Gasteiger partial charge < -0.3 is 10.4 Å². The van der Waals surface area contributed by atoms with E-state index in [0.29, 0.717) is 12.1 Å². The molecule has 0 radical (unpaired) electrons. The number of carbonyl (C=O) groups is 1. The third-order valence-corrected chi connectivity index (χ3v) is 5.05. The van der Waals surface area contributed by atoms with Gasteiger partial charge in [-0.25, -0.2) is 13.2 Å². The van der Waals surface area contributed by atoms with Gasteiger partial charge in [0.1, 0.15) is 0 Å². The molecule has 2 rings (SSSR count). The van der Waals surface area contributed by atoms with Gasteiger partial charge in [-0.05, 0) is 31.9 Å². The molecule has 1 fully saturated rings. The maximum atomic E-state index is 11.6. The van der Waals surface area contributed by atoms with E-state index < -0.39 is 15.8 Å². The van der Waals surface area contributed by atoms with Gasteiger partial charge in [-0.15, -0.1) is 0 Å². The minimum absolute atomic E-state index is 0.0694. The van der Waals surface area contributed by atoms with Gasteiger partial charge >= 0.3 is 5.97 Å². The predicted octanol–water partition coefficient (Wildman–Crippen LogP) is 1.68. The molecule has 5 nitrogen and oxygen atoms in total. The third kappa shape index (κ3) is 3.47.